The fourth-order valence-corrected chi connectivity index (χ4v) is 2.87. The van der Waals surface area contributed by atoms with Crippen LogP contribution in [0.15, 0.2) is 54.7 Å². The maximum Gasteiger partial charge on any atom is 0.146 e. The van der Waals surface area contributed by atoms with Crippen LogP contribution >= 0.6 is 0 Å². The monoisotopic (exact) mass is 335 g/mol. The lowest BCUT2D eigenvalue weighted by molar-refractivity contribution is 0.571. The molecule has 3 nitrogen and oxygen atoms in total. The Labute approximate surface area is 148 Å². The molecule has 0 bridgehead atoms. The molecule has 4 heteroatoms. The average Bonchev–Trinajstić information content (AvgIpc) is 3.42. The summed E-state index contributed by atoms with van der Waals surface area (Å²) in [5, 5.41) is 15.7. The molecule has 2 aromatic carbocycles. The van der Waals surface area contributed by atoms with Crippen molar-refractivity contribution in [3.05, 3.63) is 77.2 Å². The number of hydrogen-bond donors (Lipinski definition) is 2. The van der Waals surface area contributed by atoms with Gasteiger partial charge in [0.25, 0.3) is 0 Å². The zero-order valence-electron chi connectivity index (χ0n) is 14.3. The number of nitriles is 1. The third kappa shape index (κ3) is 4.46. The number of benzene rings is 2. The van der Waals surface area contributed by atoms with Crippen LogP contribution < -0.4 is 10.6 Å². The second kappa shape index (κ2) is 7.50. The molecule has 3 rings (SSSR count). The Morgan fingerprint density at radius 1 is 1.28 bits per heavy atom. The van der Waals surface area contributed by atoms with E-state index in [0.29, 0.717) is 16.9 Å². The molecule has 1 saturated carbocycles. The largest absolute Gasteiger partial charge is 0.357 e. The number of halogens is 1. The van der Waals surface area contributed by atoms with E-state index in [9.17, 15) is 9.65 Å². The minimum Gasteiger partial charge on any atom is -0.357 e. The fourth-order valence-electron chi connectivity index (χ4n) is 2.87. The number of rotatable bonds is 7. The van der Waals surface area contributed by atoms with Gasteiger partial charge in [0.15, 0.2) is 0 Å². The average molecular weight is 335 g/mol. The van der Waals surface area contributed by atoms with Crippen molar-refractivity contribution in [1.29, 1.82) is 5.26 Å². The minimum atomic E-state index is -0.307. The maximum atomic E-state index is 14.1. The molecule has 1 fully saturated rings. The Kier molecular flexibility index (Phi) is 5.16. The predicted molar refractivity (Wildman–Crippen MR) is 98.6 cm³/mol. The summed E-state index contributed by atoms with van der Waals surface area (Å²) in [5.74, 6) is 0.411. The highest BCUT2D eigenvalue weighted by Gasteiger charge is 2.24. The third-order valence-corrected chi connectivity index (χ3v) is 4.33. The van der Waals surface area contributed by atoms with E-state index in [1.165, 1.54) is 18.9 Å². The smallest absolute Gasteiger partial charge is 0.146 e. The van der Waals surface area contributed by atoms with Crippen molar-refractivity contribution >= 4 is 5.69 Å². The van der Waals surface area contributed by atoms with Gasteiger partial charge in [-0.1, -0.05) is 24.8 Å². The molecule has 0 amide bonds. The summed E-state index contributed by atoms with van der Waals surface area (Å²) in [4.78, 5) is 0. The van der Waals surface area contributed by atoms with Gasteiger partial charge in [0.05, 0.1) is 23.4 Å². The van der Waals surface area contributed by atoms with Gasteiger partial charge in [-0.05, 0) is 67.6 Å². The molecule has 0 spiro atoms. The molecule has 0 saturated heterocycles. The molecule has 0 heterocycles. The Bertz CT molecular complexity index is 818. The van der Waals surface area contributed by atoms with Gasteiger partial charge in [-0.2, -0.15) is 5.26 Å². The van der Waals surface area contributed by atoms with Crippen molar-refractivity contribution < 1.29 is 4.39 Å². The number of allylic oxidation sites excluding steroid dienone is 1. The molecular weight excluding hydrogens is 313 g/mol. The predicted octanol–water partition coefficient (Wildman–Crippen LogP) is 4.73. The molecule has 2 aromatic rings. The van der Waals surface area contributed by atoms with Crippen LogP contribution in [0.1, 0.15) is 42.5 Å². The minimum absolute atomic E-state index is 0.0832. The van der Waals surface area contributed by atoms with E-state index in [2.05, 4.69) is 23.3 Å². The lowest BCUT2D eigenvalue weighted by atomic mass is 9.96. The normalized spacial score (nSPS) is 14.6. The van der Waals surface area contributed by atoms with Crippen LogP contribution in [0.5, 0.6) is 0 Å². The van der Waals surface area contributed by atoms with E-state index in [0.717, 1.165) is 23.6 Å². The van der Waals surface area contributed by atoms with Crippen LogP contribution in [0, 0.1) is 23.1 Å². The Balaban J connectivity index is 1.95. The number of nitrogens with one attached hydrogen (secondary N) is 2. The summed E-state index contributed by atoms with van der Waals surface area (Å²) in [6.07, 6.45) is 2.51. The summed E-state index contributed by atoms with van der Waals surface area (Å²) in [6.45, 7) is 6.50. The first-order valence-electron chi connectivity index (χ1n) is 8.52. The van der Waals surface area contributed by atoms with Crippen molar-refractivity contribution in [2.24, 2.45) is 5.92 Å². The van der Waals surface area contributed by atoms with Crippen LogP contribution in [-0.4, -0.2) is 6.54 Å². The summed E-state index contributed by atoms with van der Waals surface area (Å²) in [7, 11) is 0. The van der Waals surface area contributed by atoms with E-state index < -0.39 is 0 Å². The van der Waals surface area contributed by atoms with Crippen molar-refractivity contribution in [3.63, 3.8) is 0 Å². The third-order valence-electron chi connectivity index (χ3n) is 4.33. The standard InChI is InChI=1S/C21H22FN3/c1-14(2)25-20-11-18(8-9-19(20)22)21(24-13-15-6-7-15)17-5-3-4-16(10-17)12-23/h3-5,8-11,15,21,24-25H,1,6-7,13H2,2H3. The van der Waals surface area contributed by atoms with Crippen LogP contribution in [0.3, 0.4) is 0 Å². The molecular formula is C21H22FN3. The van der Waals surface area contributed by atoms with Gasteiger partial charge in [0.1, 0.15) is 5.82 Å². The second-order valence-electron chi connectivity index (χ2n) is 6.67. The highest BCUT2D eigenvalue weighted by Crippen LogP contribution is 2.31. The molecule has 0 aliphatic heterocycles. The molecule has 2 N–H and O–H groups in total. The first-order chi connectivity index (χ1) is 12.1. The zero-order valence-corrected chi connectivity index (χ0v) is 14.3. The van der Waals surface area contributed by atoms with Crippen LogP contribution in [0.4, 0.5) is 10.1 Å². The molecule has 1 aliphatic carbocycles. The van der Waals surface area contributed by atoms with Gasteiger partial charge < -0.3 is 10.6 Å². The highest BCUT2D eigenvalue weighted by atomic mass is 19.1. The van der Waals surface area contributed by atoms with Gasteiger partial charge in [-0.3, -0.25) is 0 Å². The molecule has 25 heavy (non-hydrogen) atoms. The van der Waals surface area contributed by atoms with E-state index in [1.54, 1.807) is 19.1 Å². The lowest BCUT2D eigenvalue weighted by Crippen LogP contribution is -2.25. The number of anilines is 1. The molecule has 1 atom stereocenters. The van der Waals surface area contributed by atoms with Gasteiger partial charge >= 0.3 is 0 Å². The SMILES string of the molecule is C=C(C)Nc1cc(C(NCC2CC2)c2cccc(C#N)c2)ccc1F. The zero-order chi connectivity index (χ0) is 17.8. The fraction of sp³-hybridized carbons (Fsp3) is 0.286. The van der Waals surface area contributed by atoms with Crippen LogP contribution in [0.25, 0.3) is 0 Å². The lowest BCUT2D eigenvalue weighted by Gasteiger charge is -2.21. The Hall–Kier alpha value is -2.64. The molecule has 1 aliphatic rings. The summed E-state index contributed by atoms with van der Waals surface area (Å²) < 4.78 is 14.1. The molecule has 128 valence electrons. The topological polar surface area (TPSA) is 47.8 Å². The van der Waals surface area contributed by atoms with Crippen LogP contribution in [0.2, 0.25) is 0 Å². The molecule has 1 unspecified atom stereocenters. The van der Waals surface area contributed by atoms with E-state index in [1.807, 2.05) is 24.3 Å². The van der Waals surface area contributed by atoms with E-state index >= 15 is 0 Å². The summed E-state index contributed by atoms with van der Waals surface area (Å²) in [6, 6.07) is 14.7. The Morgan fingerprint density at radius 2 is 2.04 bits per heavy atom. The van der Waals surface area contributed by atoms with Crippen molar-refractivity contribution in [1.82, 2.24) is 5.32 Å². The second-order valence-corrected chi connectivity index (χ2v) is 6.67. The van der Waals surface area contributed by atoms with Gasteiger partial charge in [0, 0.05) is 5.70 Å². The van der Waals surface area contributed by atoms with E-state index in [-0.39, 0.29) is 11.9 Å². The number of nitrogens with zero attached hydrogens (tertiary/aromatic N) is 1. The summed E-state index contributed by atoms with van der Waals surface area (Å²) in [5.41, 5.74) is 3.69. The first kappa shape index (κ1) is 17.2. The van der Waals surface area contributed by atoms with Crippen LogP contribution in [-0.2, 0) is 0 Å². The van der Waals surface area contributed by atoms with Crippen molar-refractivity contribution in [2.45, 2.75) is 25.8 Å². The van der Waals surface area contributed by atoms with Crippen molar-refractivity contribution in [2.75, 3.05) is 11.9 Å². The first-order valence-corrected chi connectivity index (χ1v) is 8.52. The maximum absolute atomic E-state index is 14.1. The van der Waals surface area contributed by atoms with E-state index in [4.69, 9.17) is 0 Å². The summed E-state index contributed by atoms with van der Waals surface area (Å²) >= 11 is 0. The Morgan fingerprint density at radius 3 is 2.72 bits per heavy atom. The van der Waals surface area contributed by atoms with Gasteiger partial charge in [0.2, 0.25) is 0 Å². The van der Waals surface area contributed by atoms with Gasteiger partial charge in [-0.15, -0.1) is 0 Å². The number of hydrogen-bond acceptors (Lipinski definition) is 3. The van der Waals surface area contributed by atoms with Crippen molar-refractivity contribution in [3.8, 4) is 6.07 Å². The van der Waals surface area contributed by atoms with Gasteiger partial charge in [-0.25, -0.2) is 4.39 Å². The highest BCUT2D eigenvalue weighted by molar-refractivity contribution is 5.52. The molecule has 0 aromatic heterocycles. The molecule has 0 radical (unpaired) electrons. The quantitative estimate of drug-likeness (QED) is 0.769.